The Labute approximate surface area is 151 Å². The van der Waals surface area contributed by atoms with Gasteiger partial charge in [0, 0.05) is 25.6 Å². The molecule has 1 saturated carbocycles. The molecule has 1 aromatic rings. The molecule has 0 radical (unpaired) electrons. The van der Waals surface area contributed by atoms with Crippen molar-refractivity contribution in [2.24, 2.45) is 0 Å². The molecular formula is C19H22N2O5. The smallest absolute Gasteiger partial charge is 0.255 e. The highest BCUT2D eigenvalue weighted by molar-refractivity contribution is 6.05. The van der Waals surface area contributed by atoms with Gasteiger partial charge in [-0.25, -0.2) is 0 Å². The second-order valence-electron chi connectivity index (χ2n) is 7.08. The first kappa shape index (κ1) is 17.0. The lowest BCUT2D eigenvalue weighted by Crippen LogP contribution is -2.52. The van der Waals surface area contributed by atoms with Crippen molar-refractivity contribution in [3.8, 4) is 5.75 Å². The van der Waals surface area contributed by atoms with Crippen LogP contribution in [0, 0.1) is 0 Å². The van der Waals surface area contributed by atoms with E-state index < -0.39 is 11.9 Å². The molecule has 2 heterocycles. The van der Waals surface area contributed by atoms with Crippen LogP contribution < -0.4 is 10.1 Å². The van der Waals surface area contributed by atoms with E-state index >= 15 is 0 Å². The Hall–Kier alpha value is -2.41. The van der Waals surface area contributed by atoms with Crippen LogP contribution in [-0.4, -0.2) is 48.0 Å². The minimum Gasteiger partial charge on any atom is -0.488 e. The lowest BCUT2D eigenvalue weighted by molar-refractivity contribution is -0.136. The van der Waals surface area contributed by atoms with E-state index in [2.05, 4.69) is 5.32 Å². The van der Waals surface area contributed by atoms with Crippen molar-refractivity contribution < 1.29 is 23.9 Å². The van der Waals surface area contributed by atoms with Crippen LogP contribution >= 0.6 is 0 Å². The molecule has 2 fully saturated rings. The van der Waals surface area contributed by atoms with Gasteiger partial charge in [0.1, 0.15) is 17.9 Å². The molecule has 7 nitrogen and oxygen atoms in total. The standard InChI is InChI=1S/C19H22N2O5/c1-25-15-3-2-4-16(15)26-12-5-6-13-11(9-12)10-21(19(13)24)14-7-8-17(22)20-18(14)23/h5-6,9,14-16H,2-4,7-8,10H2,1H3,(H,20,22,23)/t14?,15-,16-/m1/s1. The number of ether oxygens (including phenoxy) is 2. The number of hydrogen-bond acceptors (Lipinski definition) is 5. The summed E-state index contributed by atoms with van der Waals surface area (Å²) in [6.45, 7) is 0.357. The highest BCUT2D eigenvalue weighted by atomic mass is 16.5. The van der Waals surface area contributed by atoms with Gasteiger partial charge in [0.15, 0.2) is 0 Å². The molecule has 1 N–H and O–H groups in total. The molecule has 2 aliphatic heterocycles. The summed E-state index contributed by atoms with van der Waals surface area (Å²) < 4.78 is 11.5. The Morgan fingerprint density at radius 3 is 2.69 bits per heavy atom. The van der Waals surface area contributed by atoms with E-state index in [1.807, 2.05) is 6.07 Å². The van der Waals surface area contributed by atoms with Crippen LogP contribution in [0.3, 0.4) is 0 Å². The van der Waals surface area contributed by atoms with Gasteiger partial charge in [-0.1, -0.05) is 0 Å². The highest BCUT2D eigenvalue weighted by Crippen LogP contribution is 2.32. The number of benzene rings is 1. The molecule has 7 heteroatoms. The molecule has 138 valence electrons. The number of piperidine rings is 1. The number of fused-ring (bicyclic) bond motifs is 1. The topological polar surface area (TPSA) is 84.9 Å². The van der Waals surface area contributed by atoms with Gasteiger partial charge in [0.2, 0.25) is 11.8 Å². The molecule has 4 rings (SSSR count). The molecule has 0 bridgehead atoms. The fraction of sp³-hybridized carbons (Fsp3) is 0.526. The van der Waals surface area contributed by atoms with E-state index in [0.717, 1.165) is 30.6 Å². The van der Waals surface area contributed by atoms with Crippen molar-refractivity contribution in [3.05, 3.63) is 29.3 Å². The van der Waals surface area contributed by atoms with Crippen molar-refractivity contribution >= 4 is 17.7 Å². The Balaban J connectivity index is 1.50. The van der Waals surface area contributed by atoms with Crippen molar-refractivity contribution in [3.63, 3.8) is 0 Å². The average Bonchev–Trinajstić information content (AvgIpc) is 3.19. The summed E-state index contributed by atoms with van der Waals surface area (Å²) in [5, 5.41) is 2.31. The second kappa shape index (κ2) is 6.72. The Kier molecular flexibility index (Phi) is 4.40. The summed E-state index contributed by atoms with van der Waals surface area (Å²) in [5.41, 5.74) is 1.45. The van der Waals surface area contributed by atoms with Crippen LogP contribution in [0.5, 0.6) is 5.75 Å². The first-order chi connectivity index (χ1) is 12.6. The van der Waals surface area contributed by atoms with Crippen LogP contribution in [0.15, 0.2) is 18.2 Å². The third-order valence-electron chi connectivity index (χ3n) is 5.48. The molecule has 26 heavy (non-hydrogen) atoms. The van der Waals surface area contributed by atoms with Gasteiger partial charge < -0.3 is 14.4 Å². The van der Waals surface area contributed by atoms with Crippen molar-refractivity contribution in [1.82, 2.24) is 10.2 Å². The second-order valence-corrected chi connectivity index (χ2v) is 7.08. The van der Waals surface area contributed by atoms with Crippen molar-refractivity contribution in [1.29, 1.82) is 0 Å². The number of methoxy groups -OCH3 is 1. The van der Waals surface area contributed by atoms with Gasteiger partial charge >= 0.3 is 0 Å². The summed E-state index contributed by atoms with van der Waals surface area (Å²) in [5.74, 6) is -0.129. The summed E-state index contributed by atoms with van der Waals surface area (Å²) in [7, 11) is 1.70. The Bertz CT molecular complexity index is 762. The molecule has 1 saturated heterocycles. The molecule has 3 amide bonds. The van der Waals surface area contributed by atoms with Gasteiger partial charge in [-0.3, -0.25) is 19.7 Å². The summed E-state index contributed by atoms with van der Waals surface area (Å²) in [6.07, 6.45) is 3.78. The van der Waals surface area contributed by atoms with Crippen LogP contribution in [0.25, 0.3) is 0 Å². The summed E-state index contributed by atoms with van der Waals surface area (Å²) in [6, 6.07) is 4.85. The van der Waals surface area contributed by atoms with E-state index in [1.165, 1.54) is 0 Å². The highest BCUT2D eigenvalue weighted by Gasteiger charge is 2.39. The first-order valence-electron chi connectivity index (χ1n) is 9.04. The van der Waals surface area contributed by atoms with Gasteiger partial charge in [-0.05, 0) is 49.4 Å². The van der Waals surface area contributed by atoms with Crippen LogP contribution in [0.4, 0.5) is 0 Å². The van der Waals surface area contributed by atoms with Crippen LogP contribution in [-0.2, 0) is 20.9 Å². The summed E-state index contributed by atoms with van der Waals surface area (Å²) in [4.78, 5) is 37.6. The zero-order valence-corrected chi connectivity index (χ0v) is 14.7. The quantitative estimate of drug-likeness (QED) is 0.823. The number of rotatable bonds is 4. The molecule has 0 aromatic heterocycles. The van der Waals surface area contributed by atoms with Crippen LogP contribution in [0.1, 0.15) is 48.0 Å². The zero-order chi connectivity index (χ0) is 18.3. The minimum atomic E-state index is -0.593. The first-order valence-corrected chi connectivity index (χ1v) is 9.04. The number of nitrogens with one attached hydrogen (secondary N) is 1. The fourth-order valence-electron chi connectivity index (χ4n) is 4.10. The molecule has 3 aliphatic rings. The number of nitrogens with zero attached hydrogens (tertiary/aromatic N) is 1. The number of carbonyl (C=O) groups excluding carboxylic acids is 3. The number of hydrogen-bond donors (Lipinski definition) is 1. The molecule has 1 aromatic carbocycles. The largest absolute Gasteiger partial charge is 0.488 e. The molecule has 1 aliphatic carbocycles. The van der Waals surface area contributed by atoms with E-state index in [1.54, 1.807) is 24.1 Å². The fourth-order valence-corrected chi connectivity index (χ4v) is 4.10. The average molecular weight is 358 g/mol. The normalized spacial score (nSPS) is 28.3. The van der Waals surface area contributed by atoms with E-state index in [4.69, 9.17) is 9.47 Å². The van der Waals surface area contributed by atoms with Crippen LogP contribution in [0.2, 0.25) is 0 Å². The van der Waals surface area contributed by atoms with Gasteiger partial charge in [-0.15, -0.1) is 0 Å². The number of imide groups is 1. The maximum Gasteiger partial charge on any atom is 0.255 e. The molecular weight excluding hydrogens is 336 g/mol. The van der Waals surface area contributed by atoms with Gasteiger partial charge in [-0.2, -0.15) is 0 Å². The van der Waals surface area contributed by atoms with Gasteiger partial charge in [0.05, 0.1) is 6.10 Å². The zero-order valence-electron chi connectivity index (χ0n) is 14.7. The lowest BCUT2D eigenvalue weighted by atomic mass is 10.0. The predicted octanol–water partition coefficient (Wildman–Crippen LogP) is 1.39. The maximum absolute atomic E-state index is 12.7. The minimum absolute atomic E-state index is 0.0291. The molecule has 0 spiro atoms. The summed E-state index contributed by atoms with van der Waals surface area (Å²) >= 11 is 0. The molecule has 3 atom stereocenters. The monoisotopic (exact) mass is 358 g/mol. The number of carbonyl (C=O) groups is 3. The van der Waals surface area contributed by atoms with E-state index in [0.29, 0.717) is 18.5 Å². The Morgan fingerprint density at radius 2 is 1.92 bits per heavy atom. The van der Waals surface area contributed by atoms with Gasteiger partial charge in [0.25, 0.3) is 5.91 Å². The Morgan fingerprint density at radius 1 is 1.12 bits per heavy atom. The van der Waals surface area contributed by atoms with Crippen molar-refractivity contribution in [2.45, 2.75) is 56.9 Å². The predicted molar refractivity (Wildman–Crippen MR) is 91.6 cm³/mol. The third-order valence-corrected chi connectivity index (χ3v) is 5.48. The van der Waals surface area contributed by atoms with E-state index in [-0.39, 0.29) is 30.4 Å². The van der Waals surface area contributed by atoms with E-state index in [9.17, 15) is 14.4 Å². The lowest BCUT2D eigenvalue weighted by Gasteiger charge is -2.29. The third kappa shape index (κ3) is 2.96. The number of amides is 3. The van der Waals surface area contributed by atoms with Crippen molar-refractivity contribution in [2.75, 3.05) is 7.11 Å². The molecule has 1 unspecified atom stereocenters. The maximum atomic E-state index is 12.7. The SMILES string of the molecule is CO[C@@H]1CCC[C@H]1Oc1ccc2c(c1)CN(C1CCC(=O)NC1=O)C2=O.